The highest BCUT2D eigenvalue weighted by Crippen LogP contribution is 2.18. The average Bonchev–Trinajstić information content (AvgIpc) is 2.89. The number of hydrogen-bond acceptors (Lipinski definition) is 4. The third-order valence-electron chi connectivity index (χ3n) is 5.39. The van der Waals surface area contributed by atoms with Gasteiger partial charge in [-0.2, -0.15) is 5.10 Å². The van der Waals surface area contributed by atoms with E-state index in [-0.39, 0.29) is 11.9 Å². The molecule has 2 heterocycles. The smallest absolute Gasteiger partial charge is 0.224 e. The Kier molecular flexibility index (Phi) is 5.74. The fraction of sp³-hybridized carbons (Fsp3) is 0.500. The van der Waals surface area contributed by atoms with Crippen molar-refractivity contribution in [1.82, 2.24) is 19.6 Å². The van der Waals surface area contributed by atoms with Crippen LogP contribution >= 0.6 is 0 Å². The number of carbonyl (C=O) groups excluding carboxylic acids is 1. The largest absolute Gasteiger partial charge is 0.340 e. The summed E-state index contributed by atoms with van der Waals surface area (Å²) in [6, 6.07) is 9.61. The van der Waals surface area contributed by atoms with Gasteiger partial charge in [0.05, 0.1) is 5.69 Å². The molecule has 1 aliphatic rings. The van der Waals surface area contributed by atoms with Crippen LogP contribution in [0.2, 0.25) is 0 Å². The van der Waals surface area contributed by atoms with Crippen molar-refractivity contribution in [2.24, 2.45) is 12.8 Å². The van der Waals surface area contributed by atoms with E-state index in [1.54, 1.807) is 0 Å². The molecule has 1 aromatic heterocycles. The summed E-state index contributed by atoms with van der Waals surface area (Å²) in [6.45, 7) is 8.38. The summed E-state index contributed by atoms with van der Waals surface area (Å²) in [6.07, 6.45) is 0.366. The molecular formula is C20H29N5O. The maximum atomic E-state index is 12.6. The molecule has 2 N–H and O–H groups in total. The molecule has 2 aromatic rings. The van der Waals surface area contributed by atoms with E-state index < -0.39 is 0 Å². The van der Waals surface area contributed by atoms with Gasteiger partial charge in [0.25, 0.3) is 0 Å². The first-order valence-electron chi connectivity index (χ1n) is 9.25. The summed E-state index contributed by atoms with van der Waals surface area (Å²) in [4.78, 5) is 16.9. The van der Waals surface area contributed by atoms with Gasteiger partial charge in [0, 0.05) is 63.5 Å². The van der Waals surface area contributed by atoms with Crippen molar-refractivity contribution in [3.8, 4) is 0 Å². The number of nitrogens with two attached hydrogens (primary N) is 1. The van der Waals surface area contributed by atoms with Crippen LogP contribution in [0.25, 0.3) is 0 Å². The van der Waals surface area contributed by atoms with E-state index in [0.29, 0.717) is 6.42 Å². The lowest BCUT2D eigenvalue weighted by Crippen LogP contribution is -2.48. The summed E-state index contributed by atoms with van der Waals surface area (Å²) in [5.41, 5.74) is 10.8. The Morgan fingerprint density at radius 3 is 2.38 bits per heavy atom. The fourth-order valence-electron chi connectivity index (χ4n) is 3.56. The Morgan fingerprint density at radius 2 is 1.81 bits per heavy atom. The lowest BCUT2D eigenvalue weighted by atomic mass is 10.0. The van der Waals surface area contributed by atoms with Crippen molar-refractivity contribution in [3.05, 3.63) is 52.8 Å². The second kappa shape index (κ2) is 8.01. The quantitative estimate of drug-likeness (QED) is 0.888. The molecule has 1 aromatic carbocycles. The fourth-order valence-corrected chi connectivity index (χ4v) is 3.56. The Morgan fingerprint density at radius 1 is 1.15 bits per heavy atom. The highest BCUT2D eigenvalue weighted by atomic mass is 16.2. The molecule has 140 valence electrons. The number of benzene rings is 1. The van der Waals surface area contributed by atoms with Gasteiger partial charge in [0.1, 0.15) is 0 Å². The average molecular weight is 355 g/mol. The van der Waals surface area contributed by atoms with Crippen LogP contribution in [0.15, 0.2) is 30.3 Å². The van der Waals surface area contributed by atoms with E-state index in [1.807, 2.05) is 47.0 Å². The topological polar surface area (TPSA) is 67.4 Å². The summed E-state index contributed by atoms with van der Waals surface area (Å²) in [5.74, 6) is 0.148. The van der Waals surface area contributed by atoms with Crippen LogP contribution < -0.4 is 5.73 Å². The number of piperazine rings is 1. The van der Waals surface area contributed by atoms with E-state index in [4.69, 9.17) is 5.73 Å². The van der Waals surface area contributed by atoms with Gasteiger partial charge in [0.15, 0.2) is 0 Å². The normalized spacial score (nSPS) is 16.7. The lowest BCUT2D eigenvalue weighted by molar-refractivity contribution is -0.133. The van der Waals surface area contributed by atoms with Gasteiger partial charge >= 0.3 is 0 Å². The van der Waals surface area contributed by atoms with Gasteiger partial charge in [-0.1, -0.05) is 30.3 Å². The summed E-state index contributed by atoms with van der Waals surface area (Å²) < 4.78 is 1.94. The third-order valence-corrected chi connectivity index (χ3v) is 5.39. The van der Waals surface area contributed by atoms with Crippen molar-refractivity contribution in [3.63, 3.8) is 0 Å². The summed E-state index contributed by atoms with van der Waals surface area (Å²) in [7, 11) is 1.98. The number of amides is 1. The molecule has 3 rings (SSSR count). The zero-order valence-corrected chi connectivity index (χ0v) is 16.0. The predicted octanol–water partition coefficient (Wildman–Crippen LogP) is 1.77. The van der Waals surface area contributed by atoms with Gasteiger partial charge in [-0.25, -0.2) is 0 Å². The monoisotopic (exact) mass is 355 g/mol. The van der Waals surface area contributed by atoms with E-state index in [0.717, 1.165) is 44.0 Å². The minimum atomic E-state index is -0.234. The number of carbonyl (C=O) groups is 1. The van der Waals surface area contributed by atoms with Crippen molar-refractivity contribution in [1.29, 1.82) is 0 Å². The van der Waals surface area contributed by atoms with Crippen LogP contribution in [0.3, 0.4) is 0 Å². The number of aryl methyl sites for hydroxylation is 2. The van der Waals surface area contributed by atoms with Crippen LogP contribution in [-0.4, -0.2) is 51.7 Å². The second-order valence-corrected chi connectivity index (χ2v) is 7.15. The van der Waals surface area contributed by atoms with E-state index in [9.17, 15) is 4.79 Å². The molecule has 1 saturated heterocycles. The molecular weight excluding hydrogens is 326 g/mol. The van der Waals surface area contributed by atoms with Crippen LogP contribution in [0.4, 0.5) is 0 Å². The Hall–Kier alpha value is -2.18. The van der Waals surface area contributed by atoms with Gasteiger partial charge in [0.2, 0.25) is 5.91 Å². The molecule has 0 bridgehead atoms. The standard InChI is InChI=1S/C20H29N5O/c1-15-18(16(2)23(3)22-15)14-24-9-11-25(12-10-24)20(26)13-19(21)17-7-5-4-6-8-17/h4-8,19H,9-14,21H2,1-3H3. The number of rotatable bonds is 5. The van der Waals surface area contributed by atoms with Crippen LogP contribution in [0.1, 0.15) is 35.0 Å². The Labute approximate surface area is 155 Å². The maximum absolute atomic E-state index is 12.6. The molecule has 1 amide bonds. The van der Waals surface area contributed by atoms with Crippen molar-refractivity contribution < 1.29 is 4.79 Å². The SMILES string of the molecule is Cc1nn(C)c(C)c1CN1CCN(C(=O)CC(N)c2ccccc2)CC1. The molecule has 1 unspecified atom stereocenters. The van der Waals surface area contributed by atoms with Gasteiger partial charge in [-0.15, -0.1) is 0 Å². The Bertz CT molecular complexity index is 747. The lowest BCUT2D eigenvalue weighted by Gasteiger charge is -2.35. The Balaban J connectivity index is 1.51. The van der Waals surface area contributed by atoms with Gasteiger partial charge in [-0.05, 0) is 19.4 Å². The first-order chi connectivity index (χ1) is 12.5. The zero-order chi connectivity index (χ0) is 18.7. The number of nitrogens with zero attached hydrogens (tertiary/aromatic N) is 4. The molecule has 0 aliphatic carbocycles. The van der Waals surface area contributed by atoms with Crippen LogP contribution in [-0.2, 0) is 18.4 Å². The molecule has 0 spiro atoms. The van der Waals surface area contributed by atoms with Crippen molar-refractivity contribution in [2.45, 2.75) is 32.9 Å². The zero-order valence-electron chi connectivity index (χ0n) is 16.0. The number of hydrogen-bond donors (Lipinski definition) is 1. The predicted molar refractivity (Wildman–Crippen MR) is 103 cm³/mol. The minimum Gasteiger partial charge on any atom is -0.340 e. The van der Waals surface area contributed by atoms with E-state index in [2.05, 4.69) is 23.8 Å². The van der Waals surface area contributed by atoms with Gasteiger partial charge < -0.3 is 10.6 Å². The molecule has 1 fully saturated rings. The molecule has 1 aliphatic heterocycles. The maximum Gasteiger partial charge on any atom is 0.224 e. The molecule has 6 heteroatoms. The van der Waals surface area contributed by atoms with E-state index >= 15 is 0 Å². The summed E-state index contributed by atoms with van der Waals surface area (Å²) in [5, 5.41) is 4.49. The van der Waals surface area contributed by atoms with Crippen LogP contribution in [0, 0.1) is 13.8 Å². The molecule has 0 radical (unpaired) electrons. The van der Waals surface area contributed by atoms with Crippen LogP contribution in [0.5, 0.6) is 0 Å². The number of aromatic nitrogens is 2. The minimum absolute atomic E-state index is 0.148. The third kappa shape index (κ3) is 4.14. The second-order valence-electron chi connectivity index (χ2n) is 7.15. The van der Waals surface area contributed by atoms with Crippen molar-refractivity contribution in [2.75, 3.05) is 26.2 Å². The van der Waals surface area contributed by atoms with Gasteiger partial charge in [-0.3, -0.25) is 14.4 Å². The first kappa shape index (κ1) is 18.6. The molecule has 1 atom stereocenters. The first-order valence-corrected chi connectivity index (χ1v) is 9.25. The highest BCUT2D eigenvalue weighted by molar-refractivity contribution is 5.77. The van der Waals surface area contributed by atoms with Crippen molar-refractivity contribution >= 4 is 5.91 Å². The molecule has 26 heavy (non-hydrogen) atoms. The highest BCUT2D eigenvalue weighted by Gasteiger charge is 2.24. The summed E-state index contributed by atoms with van der Waals surface area (Å²) >= 11 is 0. The molecule has 0 saturated carbocycles. The van der Waals surface area contributed by atoms with E-state index in [1.165, 1.54) is 11.3 Å². The molecule has 6 nitrogen and oxygen atoms in total.